The Bertz CT molecular complexity index is 103. The van der Waals surface area contributed by atoms with E-state index in [0.717, 1.165) is 12.3 Å². The van der Waals surface area contributed by atoms with Crippen molar-refractivity contribution in [3.05, 3.63) is 0 Å². The molecule has 1 aliphatic rings. The van der Waals surface area contributed by atoms with Gasteiger partial charge in [-0.2, -0.15) is 0 Å². The van der Waals surface area contributed by atoms with Crippen LogP contribution in [-0.2, 0) is 4.74 Å². The molecule has 0 spiro atoms. The Kier molecular flexibility index (Phi) is 2.69. The van der Waals surface area contributed by atoms with Crippen LogP contribution in [-0.4, -0.2) is 12.3 Å². The summed E-state index contributed by atoms with van der Waals surface area (Å²) in [6.07, 6.45) is 4.16. The molecule has 2 heteroatoms. The zero-order chi connectivity index (χ0) is 7.56. The van der Waals surface area contributed by atoms with Gasteiger partial charge in [0.05, 0.1) is 6.10 Å². The molecule has 0 saturated carbocycles. The molecule has 60 valence electrons. The number of hydrogen-bond acceptors (Lipinski definition) is 2. The molecule has 10 heavy (non-hydrogen) atoms. The largest absolute Gasteiger partial charge is 0.353 e. The Morgan fingerprint density at radius 3 is 2.50 bits per heavy atom. The lowest BCUT2D eigenvalue weighted by atomic mass is 10.1. The SMILES string of the molecule is CC(C)CCCC1OC1N. The Morgan fingerprint density at radius 1 is 1.50 bits per heavy atom. The third-order valence-electron chi connectivity index (χ3n) is 1.89. The molecular weight excluding hydrogens is 126 g/mol. The molecule has 0 amide bonds. The first-order valence-corrected chi connectivity index (χ1v) is 4.11. The fourth-order valence-corrected chi connectivity index (χ4v) is 1.12. The van der Waals surface area contributed by atoms with Crippen LogP contribution in [0.1, 0.15) is 33.1 Å². The highest BCUT2D eigenvalue weighted by Crippen LogP contribution is 2.23. The van der Waals surface area contributed by atoms with Crippen molar-refractivity contribution in [2.75, 3.05) is 0 Å². The molecule has 1 heterocycles. The number of epoxide rings is 1. The Morgan fingerprint density at radius 2 is 2.10 bits per heavy atom. The van der Waals surface area contributed by atoms with Crippen molar-refractivity contribution in [1.29, 1.82) is 0 Å². The van der Waals surface area contributed by atoms with E-state index in [9.17, 15) is 0 Å². The van der Waals surface area contributed by atoms with E-state index in [1.807, 2.05) is 0 Å². The number of rotatable bonds is 4. The van der Waals surface area contributed by atoms with Crippen molar-refractivity contribution in [3.63, 3.8) is 0 Å². The van der Waals surface area contributed by atoms with Gasteiger partial charge in [-0.3, -0.25) is 0 Å². The van der Waals surface area contributed by atoms with Gasteiger partial charge in [0.2, 0.25) is 0 Å². The molecule has 2 nitrogen and oxygen atoms in total. The minimum atomic E-state index is 0.0622. The molecule has 0 radical (unpaired) electrons. The molecule has 1 aliphatic heterocycles. The van der Waals surface area contributed by atoms with E-state index in [-0.39, 0.29) is 6.23 Å². The average molecular weight is 143 g/mol. The van der Waals surface area contributed by atoms with Gasteiger partial charge >= 0.3 is 0 Å². The second-order valence-electron chi connectivity index (χ2n) is 3.46. The zero-order valence-corrected chi connectivity index (χ0v) is 6.84. The highest BCUT2D eigenvalue weighted by atomic mass is 16.6. The third-order valence-corrected chi connectivity index (χ3v) is 1.89. The van der Waals surface area contributed by atoms with Gasteiger partial charge in [-0.15, -0.1) is 0 Å². The molecule has 2 N–H and O–H groups in total. The maximum absolute atomic E-state index is 5.46. The van der Waals surface area contributed by atoms with Gasteiger partial charge in [-0.25, -0.2) is 0 Å². The van der Waals surface area contributed by atoms with Crippen molar-refractivity contribution in [3.8, 4) is 0 Å². The first-order valence-electron chi connectivity index (χ1n) is 4.11. The minimum Gasteiger partial charge on any atom is -0.353 e. The summed E-state index contributed by atoms with van der Waals surface area (Å²) in [5.41, 5.74) is 5.46. The summed E-state index contributed by atoms with van der Waals surface area (Å²) >= 11 is 0. The van der Waals surface area contributed by atoms with Crippen LogP contribution >= 0.6 is 0 Å². The quantitative estimate of drug-likeness (QED) is 0.606. The maximum atomic E-state index is 5.46. The lowest BCUT2D eigenvalue weighted by Crippen LogP contribution is -2.05. The molecule has 0 aliphatic carbocycles. The van der Waals surface area contributed by atoms with Crippen LogP contribution in [0, 0.1) is 5.92 Å². The van der Waals surface area contributed by atoms with Crippen LogP contribution in [0.4, 0.5) is 0 Å². The number of nitrogens with two attached hydrogens (primary N) is 1. The molecule has 1 rings (SSSR count). The normalized spacial score (nSPS) is 31.2. The molecule has 0 aromatic heterocycles. The molecule has 1 fully saturated rings. The van der Waals surface area contributed by atoms with Crippen molar-refractivity contribution in [2.24, 2.45) is 11.7 Å². The summed E-state index contributed by atoms with van der Waals surface area (Å²) in [6, 6.07) is 0. The second-order valence-corrected chi connectivity index (χ2v) is 3.46. The molecule has 2 atom stereocenters. The fraction of sp³-hybridized carbons (Fsp3) is 1.00. The third kappa shape index (κ3) is 2.67. The second kappa shape index (κ2) is 3.35. The van der Waals surface area contributed by atoms with E-state index >= 15 is 0 Å². The summed E-state index contributed by atoms with van der Waals surface area (Å²) in [5, 5.41) is 0. The average Bonchev–Trinajstić information content (AvgIpc) is 2.46. The summed E-state index contributed by atoms with van der Waals surface area (Å²) < 4.78 is 5.08. The highest BCUT2D eigenvalue weighted by Gasteiger charge is 2.33. The number of hydrogen-bond donors (Lipinski definition) is 1. The standard InChI is InChI=1S/C8H17NO/c1-6(2)4-3-5-7-8(9)10-7/h6-8H,3-5,9H2,1-2H3. The minimum absolute atomic E-state index is 0.0622. The van der Waals surface area contributed by atoms with Crippen molar-refractivity contribution >= 4 is 0 Å². The molecule has 0 aromatic carbocycles. The van der Waals surface area contributed by atoms with Crippen LogP contribution in [0.3, 0.4) is 0 Å². The van der Waals surface area contributed by atoms with Gasteiger partial charge in [0.1, 0.15) is 6.23 Å². The summed E-state index contributed by atoms with van der Waals surface area (Å²) in [5.74, 6) is 0.815. The van der Waals surface area contributed by atoms with Crippen LogP contribution in [0.15, 0.2) is 0 Å². The summed E-state index contributed by atoms with van der Waals surface area (Å²) in [6.45, 7) is 4.49. The smallest absolute Gasteiger partial charge is 0.132 e. The topological polar surface area (TPSA) is 38.5 Å². The van der Waals surface area contributed by atoms with Crippen molar-refractivity contribution in [1.82, 2.24) is 0 Å². The lowest BCUT2D eigenvalue weighted by Gasteiger charge is -2.00. The first kappa shape index (κ1) is 8.02. The maximum Gasteiger partial charge on any atom is 0.132 e. The van der Waals surface area contributed by atoms with Crippen LogP contribution in [0.2, 0.25) is 0 Å². The van der Waals surface area contributed by atoms with Gasteiger partial charge in [0.15, 0.2) is 0 Å². The van der Waals surface area contributed by atoms with Gasteiger partial charge < -0.3 is 10.5 Å². The Labute approximate surface area is 62.7 Å². The van der Waals surface area contributed by atoms with E-state index in [2.05, 4.69) is 13.8 Å². The van der Waals surface area contributed by atoms with Gasteiger partial charge in [-0.1, -0.05) is 26.7 Å². The van der Waals surface area contributed by atoms with Crippen LogP contribution < -0.4 is 5.73 Å². The van der Waals surface area contributed by atoms with Crippen molar-refractivity contribution in [2.45, 2.75) is 45.4 Å². The molecule has 2 unspecified atom stereocenters. The van der Waals surface area contributed by atoms with E-state index in [1.54, 1.807) is 0 Å². The van der Waals surface area contributed by atoms with E-state index in [4.69, 9.17) is 10.5 Å². The fourth-order valence-electron chi connectivity index (χ4n) is 1.12. The van der Waals surface area contributed by atoms with E-state index in [1.165, 1.54) is 12.8 Å². The van der Waals surface area contributed by atoms with Gasteiger partial charge in [0.25, 0.3) is 0 Å². The lowest BCUT2D eigenvalue weighted by molar-refractivity contribution is 0.357. The Balaban J connectivity index is 1.87. The summed E-state index contributed by atoms with van der Waals surface area (Å²) in [7, 11) is 0. The number of ether oxygens (including phenoxy) is 1. The first-order chi connectivity index (χ1) is 4.70. The molecule has 0 aromatic rings. The van der Waals surface area contributed by atoms with Crippen molar-refractivity contribution < 1.29 is 4.74 Å². The monoisotopic (exact) mass is 143 g/mol. The van der Waals surface area contributed by atoms with Crippen LogP contribution in [0.25, 0.3) is 0 Å². The molecule has 0 bridgehead atoms. The zero-order valence-electron chi connectivity index (χ0n) is 6.84. The Hall–Kier alpha value is -0.0800. The molecular formula is C8H17NO. The van der Waals surface area contributed by atoms with Gasteiger partial charge in [-0.05, 0) is 12.3 Å². The van der Waals surface area contributed by atoms with Gasteiger partial charge in [0, 0.05) is 0 Å². The highest BCUT2D eigenvalue weighted by molar-refractivity contribution is 4.78. The predicted molar refractivity (Wildman–Crippen MR) is 41.5 cm³/mol. The predicted octanol–water partition coefficient (Wildman–Crippen LogP) is 1.50. The summed E-state index contributed by atoms with van der Waals surface area (Å²) in [4.78, 5) is 0. The van der Waals surface area contributed by atoms with E-state index < -0.39 is 0 Å². The van der Waals surface area contributed by atoms with E-state index in [0.29, 0.717) is 6.10 Å². The van der Waals surface area contributed by atoms with Crippen LogP contribution in [0.5, 0.6) is 0 Å². The molecule has 1 saturated heterocycles.